The molecule has 1 N–H and O–H groups in total. The molecule has 13 heavy (non-hydrogen) atoms. The number of amides is 1. The fourth-order valence-electron chi connectivity index (χ4n) is 1.80. The van der Waals surface area contributed by atoms with E-state index in [1.54, 1.807) is 0 Å². The van der Waals surface area contributed by atoms with Crippen molar-refractivity contribution in [1.82, 2.24) is 5.32 Å². The van der Waals surface area contributed by atoms with Crippen molar-refractivity contribution in [1.29, 1.82) is 0 Å². The lowest BCUT2D eigenvalue weighted by atomic mass is 10.0. The molecule has 0 bridgehead atoms. The van der Waals surface area contributed by atoms with Crippen LogP contribution in [0.4, 0.5) is 0 Å². The second kappa shape index (κ2) is 6.01. The van der Waals surface area contributed by atoms with Crippen molar-refractivity contribution < 1.29 is 4.79 Å². The fraction of sp³-hybridized carbons (Fsp3) is 0.909. The van der Waals surface area contributed by atoms with Crippen LogP contribution in [0.1, 0.15) is 51.9 Å². The average Bonchev–Trinajstić information content (AvgIpc) is 2.16. The Kier molecular flexibility index (Phi) is 4.87. The Hall–Kier alpha value is -0.530. The molecule has 2 nitrogen and oxygen atoms in total. The Labute approximate surface area is 81.1 Å². The highest BCUT2D eigenvalue weighted by atomic mass is 16.1. The standard InChI is InChI=1S/C11H21NO/c1-10-8-6-4-2-3-5-7-9-12-11(10)13/h10H,2-9H2,1H3,(H,12,13). The van der Waals surface area contributed by atoms with Crippen LogP contribution < -0.4 is 5.32 Å². The van der Waals surface area contributed by atoms with Crippen LogP contribution in [0.3, 0.4) is 0 Å². The third-order valence-electron chi connectivity index (χ3n) is 2.81. The lowest BCUT2D eigenvalue weighted by Crippen LogP contribution is -2.29. The Morgan fingerprint density at radius 3 is 2.46 bits per heavy atom. The minimum Gasteiger partial charge on any atom is -0.356 e. The first kappa shape index (κ1) is 10.6. The lowest BCUT2D eigenvalue weighted by molar-refractivity contribution is -0.124. The van der Waals surface area contributed by atoms with Crippen molar-refractivity contribution in [2.75, 3.05) is 6.54 Å². The first-order valence-electron chi connectivity index (χ1n) is 5.58. The molecule has 0 aromatic heterocycles. The van der Waals surface area contributed by atoms with Crippen molar-refractivity contribution >= 4 is 5.91 Å². The smallest absolute Gasteiger partial charge is 0.222 e. The SMILES string of the molecule is CC1CCCCCCCCNC1=O. The van der Waals surface area contributed by atoms with Gasteiger partial charge in [0.15, 0.2) is 0 Å². The van der Waals surface area contributed by atoms with Crippen molar-refractivity contribution in [3.8, 4) is 0 Å². The molecule has 0 aromatic carbocycles. The van der Waals surface area contributed by atoms with Gasteiger partial charge in [-0.05, 0) is 12.8 Å². The average molecular weight is 183 g/mol. The topological polar surface area (TPSA) is 29.1 Å². The van der Waals surface area contributed by atoms with E-state index in [0.717, 1.165) is 19.4 Å². The van der Waals surface area contributed by atoms with Gasteiger partial charge in [0.05, 0.1) is 0 Å². The van der Waals surface area contributed by atoms with E-state index in [0.29, 0.717) is 0 Å². The van der Waals surface area contributed by atoms with Crippen LogP contribution in [0.25, 0.3) is 0 Å². The first-order chi connectivity index (χ1) is 6.30. The molecule has 1 aliphatic heterocycles. The minimum absolute atomic E-state index is 0.220. The van der Waals surface area contributed by atoms with E-state index in [1.807, 2.05) is 6.92 Å². The summed E-state index contributed by atoms with van der Waals surface area (Å²) in [5.41, 5.74) is 0. The van der Waals surface area contributed by atoms with E-state index in [9.17, 15) is 4.79 Å². The van der Waals surface area contributed by atoms with E-state index in [1.165, 1.54) is 32.1 Å². The molecule has 0 aliphatic carbocycles. The molecule has 1 saturated heterocycles. The van der Waals surface area contributed by atoms with Crippen LogP contribution >= 0.6 is 0 Å². The van der Waals surface area contributed by atoms with Gasteiger partial charge in [0.2, 0.25) is 5.91 Å². The molecule has 0 spiro atoms. The summed E-state index contributed by atoms with van der Waals surface area (Å²) in [7, 11) is 0. The molecule has 1 heterocycles. The summed E-state index contributed by atoms with van der Waals surface area (Å²) in [6.07, 6.45) is 8.69. The van der Waals surface area contributed by atoms with Gasteiger partial charge in [-0.3, -0.25) is 4.79 Å². The minimum atomic E-state index is 0.220. The Morgan fingerprint density at radius 1 is 1.08 bits per heavy atom. The van der Waals surface area contributed by atoms with E-state index in [-0.39, 0.29) is 11.8 Å². The highest BCUT2D eigenvalue weighted by Gasteiger charge is 2.11. The molecule has 1 unspecified atom stereocenters. The number of nitrogens with one attached hydrogen (secondary N) is 1. The van der Waals surface area contributed by atoms with E-state index in [2.05, 4.69) is 5.32 Å². The first-order valence-corrected chi connectivity index (χ1v) is 5.58. The molecule has 1 fully saturated rings. The summed E-state index contributed by atoms with van der Waals surface area (Å²) in [5.74, 6) is 0.472. The van der Waals surface area contributed by atoms with Gasteiger partial charge in [-0.15, -0.1) is 0 Å². The maximum Gasteiger partial charge on any atom is 0.222 e. The molecule has 1 rings (SSSR count). The molecule has 0 saturated carbocycles. The second-order valence-electron chi connectivity index (χ2n) is 4.10. The molecule has 0 radical (unpaired) electrons. The van der Waals surface area contributed by atoms with Gasteiger partial charge in [-0.25, -0.2) is 0 Å². The quantitative estimate of drug-likeness (QED) is 0.614. The van der Waals surface area contributed by atoms with E-state index in [4.69, 9.17) is 0 Å². The molecular formula is C11H21NO. The zero-order valence-electron chi connectivity index (χ0n) is 8.64. The second-order valence-corrected chi connectivity index (χ2v) is 4.10. The third-order valence-corrected chi connectivity index (χ3v) is 2.81. The molecule has 1 amide bonds. The predicted octanol–water partition coefficient (Wildman–Crippen LogP) is 2.48. The molecular weight excluding hydrogens is 162 g/mol. The van der Waals surface area contributed by atoms with Gasteiger partial charge in [-0.1, -0.05) is 39.0 Å². The maximum atomic E-state index is 11.4. The van der Waals surface area contributed by atoms with Gasteiger partial charge in [0, 0.05) is 12.5 Å². The molecule has 76 valence electrons. The predicted molar refractivity (Wildman–Crippen MR) is 54.5 cm³/mol. The number of carbonyl (C=O) groups is 1. The Balaban J connectivity index is 2.31. The van der Waals surface area contributed by atoms with Gasteiger partial charge < -0.3 is 5.32 Å². The summed E-state index contributed by atoms with van der Waals surface area (Å²) < 4.78 is 0. The van der Waals surface area contributed by atoms with Crippen LogP contribution in [0, 0.1) is 5.92 Å². The van der Waals surface area contributed by atoms with Crippen LogP contribution in [0.15, 0.2) is 0 Å². The number of hydrogen-bond donors (Lipinski definition) is 1. The van der Waals surface area contributed by atoms with Gasteiger partial charge >= 0.3 is 0 Å². The summed E-state index contributed by atoms with van der Waals surface area (Å²) >= 11 is 0. The summed E-state index contributed by atoms with van der Waals surface area (Å²) in [4.78, 5) is 11.4. The maximum absolute atomic E-state index is 11.4. The molecule has 2 heteroatoms. The Morgan fingerprint density at radius 2 is 1.69 bits per heavy atom. The van der Waals surface area contributed by atoms with Crippen LogP contribution in [0.5, 0.6) is 0 Å². The highest BCUT2D eigenvalue weighted by molar-refractivity contribution is 5.78. The molecule has 1 atom stereocenters. The largest absolute Gasteiger partial charge is 0.356 e. The van der Waals surface area contributed by atoms with Gasteiger partial charge in [0.25, 0.3) is 0 Å². The van der Waals surface area contributed by atoms with Gasteiger partial charge in [0.1, 0.15) is 0 Å². The number of hydrogen-bond acceptors (Lipinski definition) is 1. The summed E-state index contributed by atoms with van der Waals surface area (Å²) in [6.45, 7) is 2.91. The number of carbonyl (C=O) groups excluding carboxylic acids is 1. The molecule has 1 aliphatic rings. The normalized spacial score (nSPS) is 27.5. The van der Waals surface area contributed by atoms with Crippen molar-refractivity contribution in [3.63, 3.8) is 0 Å². The lowest BCUT2D eigenvalue weighted by Gasteiger charge is -2.10. The Bertz CT molecular complexity index is 156. The number of rotatable bonds is 0. The summed E-state index contributed by atoms with van der Waals surface area (Å²) in [5, 5.41) is 2.99. The summed E-state index contributed by atoms with van der Waals surface area (Å²) in [6, 6.07) is 0. The van der Waals surface area contributed by atoms with Gasteiger partial charge in [-0.2, -0.15) is 0 Å². The van der Waals surface area contributed by atoms with E-state index < -0.39 is 0 Å². The van der Waals surface area contributed by atoms with Crippen LogP contribution in [-0.4, -0.2) is 12.5 Å². The zero-order chi connectivity index (χ0) is 9.52. The van der Waals surface area contributed by atoms with Crippen molar-refractivity contribution in [2.45, 2.75) is 51.9 Å². The third kappa shape index (κ3) is 4.30. The van der Waals surface area contributed by atoms with E-state index >= 15 is 0 Å². The molecule has 0 aromatic rings. The van der Waals surface area contributed by atoms with Crippen LogP contribution in [-0.2, 0) is 4.79 Å². The fourth-order valence-corrected chi connectivity index (χ4v) is 1.80. The monoisotopic (exact) mass is 183 g/mol. The van der Waals surface area contributed by atoms with Crippen molar-refractivity contribution in [3.05, 3.63) is 0 Å². The van der Waals surface area contributed by atoms with Crippen molar-refractivity contribution in [2.24, 2.45) is 5.92 Å². The highest BCUT2D eigenvalue weighted by Crippen LogP contribution is 2.13. The van der Waals surface area contributed by atoms with Crippen LogP contribution in [0.2, 0.25) is 0 Å². The zero-order valence-corrected chi connectivity index (χ0v) is 8.64.